The Morgan fingerprint density at radius 1 is 0.883 bits per heavy atom. The van der Waals surface area contributed by atoms with Crippen molar-refractivity contribution in [1.82, 2.24) is 9.88 Å². The van der Waals surface area contributed by atoms with Crippen LogP contribution >= 0.6 is 11.3 Å². The van der Waals surface area contributed by atoms with Crippen molar-refractivity contribution in [2.45, 2.75) is 83.8 Å². The van der Waals surface area contributed by atoms with Crippen molar-refractivity contribution in [1.29, 1.82) is 0 Å². The van der Waals surface area contributed by atoms with Crippen LogP contribution in [0.1, 0.15) is 82.9 Å². The normalized spacial score (nSPS) is 14.6. The number of hydrogen-bond donors (Lipinski definition) is 3. The van der Waals surface area contributed by atoms with Gasteiger partial charge in [-0.15, -0.1) is 11.3 Å². The Bertz CT molecular complexity index is 2100. The quantitative estimate of drug-likeness (QED) is 0.0379. The topological polar surface area (TPSA) is 214 Å². The maximum atomic E-state index is 14.0. The van der Waals surface area contributed by atoms with Crippen LogP contribution < -0.4 is 15.8 Å². The lowest BCUT2D eigenvalue weighted by molar-refractivity contribution is -0.163. The molecule has 5 rings (SSSR count). The van der Waals surface area contributed by atoms with E-state index in [1.807, 2.05) is 81.4 Å². The first-order valence-corrected chi connectivity index (χ1v) is 20.1. The number of amidine groups is 1. The van der Waals surface area contributed by atoms with E-state index in [4.69, 9.17) is 29.5 Å². The molecule has 1 aromatic heterocycles. The highest BCUT2D eigenvalue weighted by molar-refractivity contribution is 7.14. The predicted octanol–water partition coefficient (Wildman–Crippen LogP) is 7.18. The van der Waals surface area contributed by atoms with Gasteiger partial charge in [-0.3, -0.25) is 10.3 Å². The standard InChI is InChI=1S/C43H50N6O10S/c1-42(2,3)57-40(53)47-39-46-32(26-60-39)34(37(50)51)48-59-33(38(52)56-35(27-13-9-7-10-14-27)28-15-11-8-12-16-28)25-55-31-19-17-29(18-20-31)36(44)45-30-21-23-49(24-22-30)41(54)58-43(4,5)6/h7-20,26,30,33,35H,21-25H2,1-6H3,(H2,44,45)(H,50,51)(H,46,47,53)/b48-34-/t33-/m0/s1. The number of carbonyl (C=O) groups excluding carboxylic acids is 3. The number of likely N-dealkylation sites (tertiary alicyclic amines) is 1. The van der Waals surface area contributed by atoms with E-state index in [2.05, 4.69) is 20.4 Å². The largest absolute Gasteiger partial charge is 0.489 e. The summed E-state index contributed by atoms with van der Waals surface area (Å²) >= 11 is 0.941. The van der Waals surface area contributed by atoms with Gasteiger partial charge >= 0.3 is 24.1 Å². The minimum atomic E-state index is -1.56. The SMILES string of the molecule is CC(C)(C)OC(=O)Nc1nc(/C(=N/O[C@@H](COc2ccc(C(N)=NC3CCN(C(=O)OC(C)(C)C)CC3)cc2)C(=O)OC(c2ccccc2)c2ccccc2)C(=O)O)cs1. The molecule has 1 aliphatic heterocycles. The minimum Gasteiger partial charge on any atom is -0.489 e. The van der Waals surface area contributed by atoms with Crippen molar-refractivity contribution in [3.8, 4) is 5.75 Å². The average Bonchev–Trinajstić information content (AvgIpc) is 3.65. The summed E-state index contributed by atoms with van der Waals surface area (Å²) in [5.41, 5.74) is 6.25. The number of ether oxygens (including phenoxy) is 4. The number of rotatable bonds is 14. The smallest absolute Gasteiger partial charge is 0.413 e. The van der Waals surface area contributed by atoms with Gasteiger partial charge in [0.25, 0.3) is 6.10 Å². The van der Waals surface area contributed by atoms with Gasteiger partial charge in [-0.1, -0.05) is 65.8 Å². The molecule has 1 saturated heterocycles. The molecule has 0 unspecified atom stereocenters. The maximum absolute atomic E-state index is 14.0. The van der Waals surface area contributed by atoms with Gasteiger partial charge in [0.2, 0.25) is 5.71 Å². The van der Waals surface area contributed by atoms with Crippen molar-refractivity contribution >= 4 is 52.1 Å². The van der Waals surface area contributed by atoms with Gasteiger partial charge < -0.3 is 39.5 Å². The summed E-state index contributed by atoms with van der Waals surface area (Å²) in [4.78, 5) is 67.2. The Morgan fingerprint density at radius 3 is 2.02 bits per heavy atom. The number of carbonyl (C=O) groups is 4. The fourth-order valence-electron chi connectivity index (χ4n) is 5.73. The zero-order valence-corrected chi connectivity index (χ0v) is 35.1. The van der Waals surface area contributed by atoms with E-state index in [1.165, 1.54) is 5.38 Å². The van der Waals surface area contributed by atoms with E-state index < -0.39 is 53.8 Å². The summed E-state index contributed by atoms with van der Waals surface area (Å²) in [6.07, 6.45) is -2.27. The van der Waals surface area contributed by atoms with Crippen LogP contribution in [0.15, 0.2) is 100 Å². The number of amides is 2. The van der Waals surface area contributed by atoms with Crippen molar-refractivity contribution in [2.75, 3.05) is 25.0 Å². The van der Waals surface area contributed by atoms with Crippen LogP contribution in [0.5, 0.6) is 5.75 Å². The average molecular weight is 843 g/mol. The summed E-state index contributed by atoms with van der Waals surface area (Å²) in [7, 11) is 0. The monoisotopic (exact) mass is 842 g/mol. The maximum Gasteiger partial charge on any atom is 0.413 e. The number of aromatic nitrogens is 1. The number of nitrogens with one attached hydrogen (secondary N) is 1. The third-order valence-electron chi connectivity index (χ3n) is 8.52. The number of anilines is 1. The molecule has 0 spiro atoms. The molecule has 60 heavy (non-hydrogen) atoms. The fraction of sp³-hybridized carbons (Fsp3) is 0.372. The van der Waals surface area contributed by atoms with E-state index in [0.29, 0.717) is 54.2 Å². The second-order valence-corrected chi connectivity index (χ2v) is 16.5. The zero-order valence-electron chi connectivity index (χ0n) is 34.3. The van der Waals surface area contributed by atoms with Crippen LogP contribution in [0.4, 0.5) is 14.7 Å². The fourth-order valence-corrected chi connectivity index (χ4v) is 6.41. The Hall–Kier alpha value is -6.49. The molecule has 0 aliphatic carbocycles. The van der Waals surface area contributed by atoms with Crippen LogP contribution in [0.2, 0.25) is 0 Å². The lowest BCUT2D eigenvalue weighted by Crippen LogP contribution is -2.42. The van der Waals surface area contributed by atoms with Crippen LogP contribution in [0.3, 0.4) is 0 Å². The molecule has 2 amide bonds. The van der Waals surface area contributed by atoms with E-state index >= 15 is 0 Å². The first-order chi connectivity index (χ1) is 28.4. The highest BCUT2D eigenvalue weighted by atomic mass is 32.1. The van der Waals surface area contributed by atoms with Gasteiger partial charge in [-0.05, 0) is 89.8 Å². The number of carboxylic acid groups (broad SMARTS) is 1. The van der Waals surface area contributed by atoms with E-state index in [9.17, 15) is 24.3 Å². The highest BCUT2D eigenvalue weighted by Gasteiger charge is 2.31. The van der Waals surface area contributed by atoms with E-state index in [-0.39, 0.29) is 23.0 Å². The Kier molecular flexibility index (Phi) is 14.9. The Morgan fingerprint density at radius 2 is 1.47 bits per heavy atom. The molecule has 0 saturated carbocycles. The van der Waals surface area contributed by atoms with E-state index in [1.54, 1.807) is 49.9 Å². The number of aliphatic carboxylic acids is 1. The first kappa shape index (κ1) is 44.6. The third kappa shape index (κ3) is 13.5. The second kappa shape index (κ2) is 20.0. The number of benzene rings is 3. The number of oxime groups is 1. The molecule has 0 bridgehead atoms. The van der Waals surface area contributed by atoms with Gasteiger partial charge in [-0.2, -0.15) is 0 Å². The molecule has 1 fully saturated rings. The molecule has 4 aromatic rings. The molecule has 1 aliphatic rings. The molecule has 0 radical (unpaired) electrons. The summed E-state index contributed by atoms with van der Waals surface area (Å²) < 4.78 is 22.7. The number of nitrogens with zero attached hydrogens (tertiary/aromatic N) is 4. The predicted molar refractivity (Wildman–Crippen MR) is 225 cm³/mol. The van der Waals surface area contributed by atoms with Crippen LogP contribution in [0, 0.1) is 0 Å². The lowest BCUT2D eigenvalue weighted by Gasteiger charge is -2.32. The number of carboxylic acids is 1. The zero-order chi connectivity index (χ0) is 43.5. The summed E-state index contributed by atoms with van der Waals surface area (Å²) in [6.45, 7) is 11.1. The van der Waals surface area contributed by atoms with Crippen molar-refractivity contribution in [2.24, 2.45) is 15.9 Å². The molecular formula is C43H50N6O10S. The van der Waals surface area contributed by atoms with Crippen molar-refractivity contribution < 1.29 is 48.1 Å². The van der Waals surface area contributed by atoms with Crippen LogP contribution in [0.25, 0.3) is 0 Å². The second-order valence-electron chi connectivity index (χ2n) is 15.7. The summed E-state index contributed by atoms with van der Waals surface area (Å²) in [6, 6.07) is 24.8. The number of aliphatic imine (C=N–C) groups is 1. The molecule has 3 aromatic carbocycles. The lowest BCUT2D eigenvalue weighted by atomic mass is 10.0. The van der Waals surface area contributed by atoms with Gasteiger partial charge in [-0.25, -0.2) is 24.2 Å². The molecule has 1 atom stereocenters. The summed E-state index contributed by atoms with van der Waals surface area (Å²) in [5.74, 6) is -1.75. The minimum absolute atomic E-state index is 0.0544. The van der Waals surface area contributed by atoms with Crippen LogP contribution in [-0.4, -0.2) is 93.7 Å². The van der Waals surface area contributed by atoms with Crippen molar-refractivity contribution in [3.63, 3.8) is 0 Å². The molecular weight excluding hydrogens is 793 g/mol. The highest BCUT2D eigenvalue weighted by Crippen LogP contribution is 2.27. The van der Waals surface area contributed by atoms with Gasteiger partial charge in [0.15, 0.2) is 11.2 Å². The first-order valence-electron chi connectivity index (χ1n) is 19.2. The van der Waals surface area contributed by atoms with Gasteiger partial charge in [0.1, 0.15) is 35.1 Å². The van der Waals surface area contributed by atoms with Gasteiger partial charge in [0, 0.05) is 24.0 Å². The third-order valence-corrected chi connectivity index (χ3v) is 9.28. The number of hydrogen-bond acceptors (Lipinski definition) is 13. The van der Waals surface area contributed by atoms with Gasteiger partial charge in [0.05, 0.1) is 6.04 Å². The Balaban J connectivity index is 1.31. The molecule has 17 heteroatoms. The number of esters is 1. The molecule has 16 nitrogen and oxygen atoms in total. The van der Waals surface area contributed by atoms with Crippen LogP contribution in [-0.2, 0) is 28.6 Å². The molecule has 2 heterocycles. The molecule has 4 N–H and O–H groups in total. The number of piperidine rings is 1. The van der Waals surface area contributed by atoms with E-state index in [0.717, 1.165) is 11.3 Å². The van der Waals surface area contributed by atoms with Crippen molar-refractivity contribution in [3.05, 3.63) is 113 Å². The Labute approximate surface area is 352 Å². The molecule has 318 valence electrons. The summed E-state index contributed by atoms with van der Waals surface area (Å²) in [5, 5.41) is 17.8. The number of thiazole rings is 1. The number of nitrogens with two attached hydrogens (primary N) is 1.